The van der Waals surface area contributed by atoms with E-state index < -0.39 is 11.9 Å². The smallest absolute Gasteiger partial charge is 0.328 e. The zero-order valence-electron chi connectivity index (χ0n) is 11.0. The summed E-state index contributed by atoms with van der Waals surface area (Å²) in [5, 5.41) is 24.6. The highest BCUT2D eigenvalue weighted by Gasteiger charge is 2.06. The number of benzene rings is 1. The molecule has 0 radical (unpaired) electrons. The number of hydrogen-bond donors (Lipinski definition) is 5. The lowest BCUT2D eigenvalue weighted by molar-refractivity contribution is -0.134. The summed E-state index contributed by atoms with van der Waals surface area (Å²) in [5.74, 6) is -2.51. The fourth-order valence-corrected chi connectivity index (χ4v) is 1.24. The van der Waals surface area contributed by atoms with Gasteiger partial charge in [-0.1, -0.05) is 30.3 Å². The van der Waals surface area contributed by atoms with Crippen LogP contribution >= 0.6 is 0 Å². The highest BCUT2D eigenvalue weighted by molar-refractivity contribution is 5.89. The van der Waals surface area contributed by atoms with Gasteiger partial charge in [0.15, 0.2) is 0 Å². The van der Waals surface area contributed by atoms with Gasteiger partial charge in [-0.3, -0.25) is 5.43 Å². The van der Waals surface area contributed by atoms with E-state index in [-0.39, 0.29) is 12.6 Å². The maximum atomic E-state index is 9.55. The Kier molecular flexibility index (Phi) is 9.49. The van der Waals surface area contributed by atoms with Crippen molar-refractivity contribution in [3.63, 3.8) is 0 Å². The number of carboxylic acid groups (broad SMARTS) is 2. The van der Waals surface area contributed by atoms with Crippen molar-refractivity contribution >= 4 is 11.9 Å². The van der Waals surface area contributed by atoms with Crippen LogP contribution in [0.25, 0.3) is 0 Å². The van der Waals surface area contributed by atoms with Crippen molar-refractivity contribution in [2.75, 3.05) is 13.7 Å². The Morgan fingerprint density at radius 2 is 1.65 bits per heavy atom. The molecule has 0 fully saturated rings. The van der Waals surface area contributed by atoms with Gasteiger partial charge in [-0.05, 0) is 12.6 Å². The highest BCUT2D eigenvalue weighted by Crippen LogP contribution is 2.09. The second-order valence-electron chi connectivity index (χ2n) is 3.55. The van der Waals surface area contributed by atoms with Crippen molar-refractivity contribution in [2.45, 2.75) is 6.04 Å². The van der Waals surface area contributed by atoms with Crippen LogP contribution in [0.1, 0.15) is 11.6 Å². The molecule has 7 heteroatoms. The first-order chi connectivity index (χ1) is 9.51. The van der Waals surface area contributed by atoms with Gasteiger partial charge in [0.2, 0.25) is 0 Å². The number of aliphatic carboxylic acids is 2. The lowest BCUT2D eigenvalue weighted by Crippen LogP contribution is -2.34. The molecule has 20 heavy (non-hydrogen) atoms. The van der Waals surface area contributed by atoms with Crippen LogP contribution in [0, 0.1) is 0 Å². The molecule has 0 amide bonds. The fourth-order valence-electron chi connectivity index (χ4n) is 1.24. The van der Waals surface area contributed by atoms with Crippen LogP contribution in [0.15, 0.2) is 42.5 Å². The number of rotatable bonds is 6. The van der Waals surface area contributed by atoms with E-state index in [9.17, 15) is 9.59 Å². The summed E-state index contributed by atoms with van der Waals surface area (Å²) < 4.78 is 0. The Labute approximate surface area is 116 Å². The summed E-state index contributed by atoms with van der Waals surface area (Å²) in [7, 11) is 1.78. The van der Waals surface area contributed by atoms with Gasteiger partial charge in [0.25, 0.3) is 0 Å². The molecule has 1 unspecified atom stereocenters. The van der Waals surface area contributed by atoms with E-state index in [0.717, 1.165) is 5.56 Å². The van der Waals surface area contributed by atoms with Crippen LogP contribution in [-0.4, -0.2) is 40.9 Å². The molecule has 110 valence electrons. The number of hydrogen-bond acceptors (Lipinski definition) is 5. The third kappa shape index (κ3) is 8.81. The van der Waals surface area contributed by atoms with Gasteiger partial charge in [-0.15, -0.1) is 0 Å². The third-order valence-corrected chi connectivity index (χ3v) is 2.07. The van der Waals surface area contributed by atoms with Crippen molar-refractivity contribution in [3.8, 4) is 0 Å². The van der Waals surface area contributed by atoms with E-state index >= 15 is 0 Å². The molecule has 0 heterocycles. The quantitative estimate of drug-likeness (QED) is 0.372. The van der Waals surface area contributed by atoms with E-state index in [0.29, 0.717) is 12.2 Å². The molecule has 0 spiro atoms. The number of carbonyl (C=O) groups is 2. The highest BCUT2D eigenvalue weighted by atomic mass is 16.4. The first-order valence-corrected chi connectivity index (χ1v) is 5.73. The van der Waals surface area contributed by atoms with Crippen molar-refractivity contribution in [1.29, 1.82) is 0 Å². The van der Waals surface area contributed by atoms with E-state index in [1.165, 1.54) is 0 Å². The number of carboxylic acids is 2. The second-order valence-corrected chi connectivity index (χ2v) is 3.55. The minimum Gasteiger partial charge on any atom is -0.478 e. The predicted molar refractivity (Wildman–Crippen MR) is 72.9 cm³/mol. The summed E-state index contributed by atoms with van der Waals surface area (Å²) in [6.45, 7) is 0.0881. The summed E-state index contributed by atoms with van der Waals surface area (Å²) in [6.07, 6.45) is 1.12. The average Bonchev–Trinajstić information content (AvgIpc) is 2.44. The number of aliphatic hydroxyl groups excluding tert-OH is 1. The molecule has 0 aliphatic carbocycles. The van der Waals surface area contributed by atoms with E-state index in [2.05, 4.69) is 10.9 Å². The molecule has 0 aliphatic rings. The monoisotopic (exact) mass is 282 g/mol. The maximum absolute atomic E-state index is 9.55. The predicted octanol–water partition coefficient (Wildman–Crippen LogP) is 0.156. The summed E-state index contributed by atoms with van der Waals surface area (Å²) >= 11 is 0. The molecule has 1 atom stereocenters. The number of hydrazine groups is 1. The molecule has 1 rings (SSSR count). The minimum atomic E-state index is -1.26. The largest absolute Gasteiger partial charge is 0.478 e. The lowest BCUT2D eigenvalue weighted by Gasteiger charge is -2.15. The summed E-state index contributed by atoms with van der Waals surface area (Å²) in [4.78, 5) is 19.1. The lowest BCUT2D eigenvalue weighted by atomic mass is 10.1. The molecule has 1 aromatic carbocycles. The number of aliphatic hydroxyl groups is 1. The molecular weight excluding hydrogens is 264 g/mol. The Morgan fingerprint density at radius 1 is 1.15 bits per heavy atom. The van der Waals surface area contributed by atoms with Gasteiger partial charge in [0.05, 0.1) is 12.6 Å². The molecular formula is C13H18N2O5. The normalized spacial score (nSPS) is 11.5. The van der Waals surface area contributed by atoms with Crippen molar-refractivity contribution in [2.24, 2.45) is 0 Å². The van der Waals surface area contributed by atoms with Gasteiger partial charge in [0, 0.05) is 12.2 Å². The Balaban J connectivity index is 0.000000396. The molecule has 0 aliphatic heterocycles. The molecule has 0 aromatic heterocycles. The Hall–Kier alpha value is -2.22. The van der Waals surface area contributed by atoms with Gasteiger partial charge in [0.1, 0.15) is 0 Å². The van der Waals surface area contributed by atoms with Crippen LogP contribution in [0.3, 0.4) is 0 Å². The first kappa shape index (κ1) is 17.8. The van der Waals surface area contributed by atoms with Crippen LogP contribution in [-0.2, 0) is 9.59 Å². The average molecular weight is 282 g/mol. The summed E-state index contributed by atoms with van der Waals surface area (Å²) in [6, 6.07) is 9.79. The molecule has 1 aromatic rings. The third-order valence-electron chi connectivity index (χ3n) is 2.07. The van der Waals surface area contributed by atoms with E-state index in [1.807, 2.05) is 30.3 Å². The van der Waals surface area contributed by atoms with E-state index in [4.69, 9.17) is 15.3 Å². The topological polar surface area (TPSA) is 119 Å². The van der Waals surface area contributed by atoms with Gasteiger partial charge in [-0.25, -0.2) is 15.0 Å². The molecule has 0 saturated heterocycles. The molecule has 5 N–H and O–H groups in total. The Bertz CT molecular complexity index is 418. The SMILES string of the molecule is CNNC(CO)c1ccccc1.O=C(O)/C=C\C(=O)O. The zero-order chi connectivity index (χ0) is 15.4. The Morgan fingerprint density at radius 3 is 2.00 bits per heavy atom. The van der Waals surface area contributed by atoms with Crippen molar-refractivity contribution in [1.82, 2.24) is 10.9 Å². The van der Waals surface area contributed by atoms with Crippen LogP contribution in [0.4, 0.5) is 0 Å². The van der Waals surface area contributed by atoms with Gasteiger partial charge < -0.3 is 15.3 Å². The molecule has 0 bridgehead atoms. The fraction of sp³-hybridized carbons (Fsp3) is 0.231. The second kappa shape index (κ2) is 10.7. The molecule has 0 saturated carbocycles. The van der Waals surface area contributed by atoms with Gasteiger partial charge in [-0.2, -0.15) is 0 Å². The standard InChI is InChI=1S/C9H14N2O.C4H4O4/c1-10-11-9(7-12)8-5-3-2-4-6-8;5-3(6)1-2-4(7)8/h2-6,9-12H,7H2,1H3;1-2H,(H,5,6)(H,7,8)/b;2-1-. The van der Waals surface area contributed by atoms with Crippen molar-refractivity contribution in [3.05, 3.63) is 48.0 Å². The first-order valence-electron chi connectivity index (χ1n) is 5.73. The summed E-state index contributed by atoms with van der Waals surface area (Å²) in [5.41, 5.74) is 6.83. The van der Waals surface area contributed by atoms with Gasteiger partial charge >= 0.3 is 11.9 Å². The van der Waals surface area contributed by atoms with E-state index in [1.54, 1.807) is 7.05 Å². The molecule has 7 nitrogen and oxygen atoms in total. The minimum absolute atomic E-state index is 0.0313. The van der Waals surface area contributed by atoms with Crippen LogP contribution < -0.4 is 10.9 Å². The number of nitrogens with one attached hydrogen (secondary N) is 2. The zero-order valence-corrected chi connectivity index (χ0v) is 11.0. The van der Waals surface area contributed by atoms with Crippen LogP contribution in [0.5, 0.6) is 0 Å². The van der Waals surface area contributed by atoms with Crippen LogP contribution in [0.2, 0.25) is 0 Å². The maximum Gasteiger partial charge on any atom is 0.328 e. The van der Waals surface area contributed by atoms with Crippen molar-refractivity contribution < 1.29 is 24.9 Å².